The van der Waals surface area contributed by atoms with Crippen LogP contribution in [-0.4, -0.2) is 10.8 Å². The van der Waals surface area contributed by atoms with Gasteiger partial charge in [0.2, 0.25) is 0 Å². The van der Waals surface area contributed by atoms with Crippen molar-refractivity contribution in [1.82, 2.24) is 4.98 Å². The molecule has 1 heterocycles. The highest BCUT2D eigenvalue weighted by atomic mass is 35.5. The molecule has 0 saturated heterocycles. The molecule has 0 spiro atoms. The van der Waals surface area contributed by atoms with Gasteiger partial charge in [0.1, 0.15) is 10.9 Å². The van der Waals surface area contributed by atoms with Gasteiger partial charge in [-0.1, -0.05) is 35.0 Å². The predicted octanol–water partition coefficient (Wildman–Crippen LogP) is 3.82. The van der Waals surface area contributed by atoms with Crippen LogP contribution in [0.15, 0.2) is 46.5 Å². The third-order valence-corrected chi connectivity index (χ3v) is 3.91. The molecule has 2 aromatic rings. The van der Waals surface area contributed by atoms with Crippen LogP contribution in [0.4, 0.5) is 0 Å². The van der Waals surface area contributed by atoms with Crippen molar-refractivity contribution in [2.24, 2.45) is 5.73 Å². The minimum Gasteiger partial charge on any atom is -0.384 e. The maximum atomic E-state index is 7.50. The number of nitrogens with zero attached hydrogens (tertiary/aromatic N) is 1. The molecule has 6 heteroatoms. The van der Waals surface area contributed by atoms with E-state index in [4.69, 9.17) is 34.3 Å². The molecule has 0 aliphatic rings. The molecule has 0 aliphatic heterocycles. The molecule has 3 nitrogen and oxygen atoms in total. The van der Waals surface area contributed by atoms with Gasteiger partial charge in [-0.2, -0.15) is 0 Å². The van der Waals surface area contributed by atoms with E-state index in [9.17, 15) is 0 Å². The Morgan fingerprint density at radius 3 is 2.78 bits per heavy atom. The third-order valence-electron chi connectivity index (χ3n) is 2.16. The van der Waals surface area contributed by atoms with Crippen molar-refractivity contribution in [2.45, 2.75) is 9.92 Å². The number of nitrogens with one attached hydrogen (secondary N) is 1. The molecule has 0 aliphatic carbocycles. The van der Waals surface area contributed by atoms with Gasteiger partial charge in [-0.3, -0.25) is 5.41 Å². The summed E-state index contributed by atoms with van der Waals surface area (Å²) in [6, 6.07) is 8.69. The summed E-state index contributed by atoms with van der Waals surface area (Å²) < 4.78 is 0. The van der Waals surface area contributed by atoms with Gasteiger partial charge in [0.05, 0.1) is 5.02 Å². The lowest BCUT2D eigenvalue weighted by Crippen LogP contribution is -2.12. The lowest BCUT2D eigenvalue weighted by molar-refractivity contribution is 1.11. The molecular weight excluding hydrogens is 289 g/mol. The summed E-state index contributed by atoms with van der Waals surface area (Å²) in [6.45, 7) is 0. The van der Waals surface area contributed by atoms with E-state index < -0.39 is 0 Å². The molecule has 2 rings (SSSR count). The summed E-state index contributed by atoms with van der Waals surface area (Å²) >= 11 is 13.3. The zero-order chi connectivity index (χ0) is 13.1. The van der Waals surface area contributed by atoms with Crippen LogP contribution in [0, 0.1) is 5.41 Å². The van der Waals surface area contributed by atoms with E-state index in [1.54, 1.807) is 36.5 Å². The standard InChI is InChI=1S/C12H9Cl2N3S/c13-7-3-4-9(14)10(6-7)18-12-8(11(15)16)2-1-5-17-12/h1-6H,(H3,15,16). The SMILES string of the molecule is N=C(N)c1cccnc1Sc1cc(Cl)ccc1Cl. The van der Waals surface area contributed by atoms with Crippen molar-refractivity contribution < 1.29 is 0 Å². The summed E-state index contributed by atoms with van der Waals surface area (Å²) in [5.41, 5.74) is 6.09. The molecular formula is C12H9Cl2N3S. The fraction of sp³-hybridized carbons (Fsp3) is 0. The van der Waals surface area contributed by atoms with Crippen LogP contribution in [0.1, 0.15) is 5.56 Å². The number of aromatic nitrogens is 1. The second-order valence-corrected chi connectivity index (χ2v) is 5.32. The zero-order valence-electron chi connectivity index (χ0n) is 9.15. The number of amidine groups is 1. The quantitative estimate of drug-likeness (QED) is 0.668. The molecule has 3 N–H and O–H groups in total. The monoisotopic (exact) mass is 297 g/mol. The highest BCUT2D eigenvalue weighted by Crippen LogP contribution is 2.35. The second-order valence-electron chi connectivity index (χ2n) is 3.45. The summed E-state index contributed by atoms with van der Waals surface area (Å²) in [7, 11) is 0. The fourth-order valence-electron chi connectivity index (χ4n) is 1.34. The van der Waals surface area contributed by atoms with Gasteiger partial charge >= 0.3 is 0 Å². The molecule has 18 heavy (non-hydrogen) atoms. The van der Waals surface area contributed by atoms with Crippen LogP contribution in [-0.2, 0) is 0 Å². The van der Waals surface area contributed by atoms with Gasteiger partial charge in [0.15, 0.2) is 0 Å². The Kier molecular flexibility index (Phi) is 4.11. The summed E-state index contributed by atoms with van der Waals surface area (Å²) in [6.07, 6.45) is 1.65. The Morgan fingerprint density at radius 2 is 2.06 bits per heavy atom. The summed E-state index contributed by atoms with van der Waals surface area (Å²) in [5.74, 6) is -0.0243. The summed E-state index contributed by atoms with van der Waals surface area (Å²) in [5, 5.41) is 9.32. The molecule has 0 saturated carbocycles. The van der Waals surface area contributed by atoms with Crippen molar-refractivity contribution in [3.05, 3.63) is 52.1 Å². The molecule has 1 aromatic carbocycles. The van der Waals surface area contributed by atoms with Crippen molar-refractivity contribution in [1.29, 1.82) is 5.41 Å². The van der Waals surface area contributed by atoms with E-state index in [2.05, 4.69) is 4.98 Å². The largest absolute Gasteiger partial charge is 0.384 e. The van der Waals surface area contributed by atoms with E-state index >= 15 is 0 Å². The molecule has 1 aromatic heterocycles. The second kappa shape index (κ2) is 5.61. The maximum absolute atomic E-state index is 7.50. The van der Waals surface area contributed by atoms with E-state index in [1.807, 2.05) is 0 Å². The van der Waals surface area contributed by atoms with Gasteiger partial charge in [-0.05, 0) is 30.3 Å². The number of hydrogen-bond donors (Lipinski definition) is 2. The lowest BCUT2D eigenvalue weighted by Gasteiger charge is -2.07. The summed E-state index contributed by atoms with van der Waals surface area (Å²) in [4.78, 5) is 4.99. The molecule has 92 valence electrons. The fourth-order valence-corrected chi connectivity index (χ4v) is 2.77. The molecule has 0 fully saturated rings. The number of hydrogen-bond acceptors (Lipinski definition) is 3. The first-order chi connectivity index (χ1) is 8.58. The Balaban J connectivity index is 2.40. The zero-order valence-corrected chi connectivity index (χ0v) is 11.5. The number of halogens is 2. The molecule has 0 radical (unpaired) electrons. The number of nitrogen functional groups attached to an aromatic ring is 1. The highest BCUT2D eigenvalue weighted by Gasteiger charge is 2.10. The van der Waals surface area contributed by atoms with Crippen molar-refractivity contribution >= 4 is 40.8 Å². The number of pyridine rings is 1. The van der Waals surface area contributed by atoms with Crippen molar-refractivity contribution in [3.8, 4) is 0 Å². The minimum absolute atomic E-state index is 0.0243. The Labute approximate surface area is 119 Å². The van der Waals surface area contributed by atoms with Crippen molar-refractivity contribution in [2.75, 3.05) is 0 Å². The first-order valence-electron chi connectivity index (χ1n) is 5.00. The predicted molar refractivity (Wildman–Crippen MR) is 75.8 cm³/mol. The van der Waals surface area contributed by atoms with Crippen molar-refractivity contribution in [3.63, 3.8) is 0 Å². The average Bonchev–Trinajstić information content (AvgIpc) is 2.34. The van der Waals surface area contributed by atoms with E-state index in [-0.39, 0.29) is 5.84 Å². The van der Waals surface area contributed by atoms with Crippen LogP contribution in [0.5, 0.6) is 0 Å². The number of benzene rings is 1. The van der Waals surface area contributed by atoms with Crippen LogP contribution in [0.3, 0.4) is 0 Å². The van der Waals surface area contributed by atoms with Crippen LogP contribution < -0.4 is 5.73 Å². The van der Waals surface area contributed by atoms with E-state index in [1.165, 1.54) is 11.8 Å². The molecule has 0 unspecified atom stereocenters. The van der Waals surface area contributed by atoms with Gasteiger partial charge in [-0.25, -0.2) is 4.98 Å². The van der Waals surface area contributed by atoms with Gasteiger partial charge in [0.25, 0.3) is 0 Å². The van der Waals surface area contributed by atoms with Gasteiger partial charge in [0, 0.05) is 21.7 Å². The Morgan fingerprint density at radius 1 is 1.28 bits per heavy atom. The molecule has 0 atom stereocenters. The highest BCUT2D eigenvalue weighted by molar-refractivity contribution is 7.99. The van der Waals surface area contributed by atoms with Gasteiger partial charge in [-0.15, -0.1) is 0 Å². The third kappa shape index (κ3) is 2.96. The normalized spacial score (nSPS) is 10.3. The topological polar surface area (TPSA) is 62.8 Å². The smallest absolute Gasteiger partial charge is 0.125 e. The number of rotatable bonds is 3. The van der Waals surface area contributed by atoms with E-state index in [0.29, 0.717) is 20.6 Å². The maximum Gasteiger partial charge on any atom is 0.125 e. The average molecular weight is 298 g/mol. The first-order valence-corrected chi connectivity index (χ1v) is 6.57. The molecule has 0 bridgehead atoms. The van der Waals surface area contributed by atoms with Crippen LogP contribution in [0.25, 0.3) is 0 Å². The Hall–Kier alpha value is -1.23. The van der Waals surface area contributed by atoms with E-state index in [0.717, 1.165) is 4.90 Å². The number of nitrogens with two attached hydrogens (primary N) is 1. The molecule has 0 amide bonds. The van der Waals surface area contributed by atoms with Gasteiger partial charge < -0.3 is 5.73 Å². The minimum atomic E-state index is -0.0243. The lowest BCUT2D eigenvalue weighted by atomic mass is 10.3. The first kappa shape index (κ1) is 13.2. The van der Waals surface area contributed by atoms with Crippen LogP contribution >= 0.6 is 35.0 Å². The van der Waals surface area contributed by atoms with Crippen LogP contribution in [0.2, 0.25) is 10.0 Å². The Bertz CT molecular complexity index is 602.